The smallest absolute Gasteiger partial charge is 0.226 e. The molecule has 162 valence electrons. The number of carbonyl (C=O) groups is 2. The number of anilines is 2. The van der Waals surface area contributed by atoms with E-state index in [1.807, 2.05) is 13.8 Å². The van der Waals surface area contributed by atoms with Crippen LogP contribution in [0, 0.1) is 19.7 Å². The molecule has 2 amide bonds. The minimum absolute atomic E-state index is 0.0234. The fourth-order valence-electron chi connectivity index (χ4n) is 3.85. The number of nitrogens with one attached hydrogen (secondary N) is 1. The summed E-state index contributed by atoms with van der Waals surface area (Å²) >= 11 is 1.45. The van der Waals surface area contributed by atoms with E-state index in [-0.39, 0.29) is 30.5 Å². The number of hydrogen-bond acceptors (Lipinski definition) is 5. The monoisotopic (exact) mass is 440 g/mol. The Morgan fingerprint density at radius 2 is 1.77 bits per heavy atom. The predicted octanol–water partition coefficient (Wildman–Crippen LogP) is 4.12. The van der Waals surface area contributed by atoms with Gasteiger partial charge in [0.1, 0.15) is 5.82 Å². The minimum Gasteiger partial charge on any atom is -0.368 e. The van der Waals surface area contributed by atoms with Gasteiger partial charge in [0.05, 0.1) is 10.2 Å². The second-order valence-corrected chi connectivity index (χ2v) is 8.87. The number of nitrogens with zero attached hydrogens (tertiary/aromatic N) is 3. The van der Waals surface area contributed by atoms with Crippen LogP contribution >= 0.6 is 11.3 Å². The van der Waals surface area contributed by atoms with Crippen molar-refractivity contribution in [2.45, 2.75) is 26.7 Å². The maximum Gasteiger partial charge on any atom is 0.226 e. The van der Waals surface area contributed by atoms with Crippen molar-refractivity contribution in [3.05, 3.63) is 53.3 Å². The van der Waals surface area contributed by atoms with Crippen molar-refractivity contribution in [3.8, 4) is 0 Å². The highest BCUT2D eigenvalue weighted by molar-refractivity contribution is 7.22. The molecule has 6 nitrogen and oxygen atoms in total. The Bertz CT molecular complexity index is 1100. The quantitative estimate of drug-likeness (QED) is 0.648. The van der Waals surface area contributed by atoms with Crippen LogP contribution in [0.25, 0.3) is 10.2 Å². The van der Waals surface area contributed by atoms with Crippen LogP contribution in [0.5, 0.6) is 0 Å². The molecular weight excluding hydrogens is 415 g/mol. The van der Waals surface area contributed by atoms with Crippen LogP contribution in [-0.4, -0.2) is 47.9 Å². The molecule has 3 aromatic rings. The number of aryl methyl sites for hydroxylation is 2. The molecule has 4 rings (SSSR count). The lowest BCUT2D eigenvalue weighted by Gasteiger charge is -2.36. The summed E-state index contributed by atoms with van der Waals surface area (Å²) in [5, 5.41) is 3.39. The highest BCUT2D eigenvalue weighted by Gasteiger charge is 2.22. The number of amides is 2. The molecule has 0 aliphatic carbocycles. The summed E-state index contributed by atoms with van der Waals surface area (Å²) in [5.74, 6) is -0.483. The molecular formula is C23H25FN4O2S. The summed E-state index contributed by atoms with van der Waals surface area (Å²) in [7, 11) is 0. The van der Waals surface area contributed by atoms with Gasteiger partial charge in [-0.25, -0.2) is 9.37 Å². The van der Waals surface area contributed by atoms with Gasteiger partial charge in [0.25, 0.3) is 0 Å². The van der Waals surface area contributed by atoms with Crippen molar-refractivity contribution in [1.29, 1.82) is 0 Å². The van der Waals surface area contributed by atoms with Crippen molar-refractivity contribution >= 4 is 44.2 Å². The molecule has 2 heterocycles. The molecule has 1 aliphatic rings. The highest BCUT2D eigenvalue weighted by Crippen LogP contribution is 2.29. The van der Waals surface area contributed by atoms with Gasteiger partial charge in [-0.05, 0) is 55.3 Å². The number of benzene rings is 2. The highest BCUT2D eigenvalue weighted by atomic mass is 32.1. The lowest BCUT2D eigenvalue weighted by molar-refractivity contribution is -0.133. The zero-order valence-corrected chi connectivity index (χ0v) is 18.5. The summed E-state index contributed by atoms with van der Waals surface area (Å²) in [6.45, 7) is 6.61. The number of piperazine rings is 1. The van der Waals surface area contributed by atoms with Crippen molar-refractivity contribution in [3.63, 3.8) is 0 Å². The summed E-state index contributed by atoms with van der Waals surface area (Å²) in [6, 6.07) is 10.5. The van der Waals surface area contributed by atoms with Crippen LogP contribution in [0.2, 0.25) is 0 Å². The van der Waals surface area contributed by atoms with E-state index in [9.17, 15) is 14.0 Å². The molecule has 0 atom stereocenters. The van der Waals surface area contributed by atoms with Gasteiger partial charge in [-0.3, -0.25) is 9.59 Å². The van der Waals surface area contributed by atoms with Crippen LogP contribution in [0.4, 0.5) is 15.2 Å². The molecule has 1 fully saturated rings. The van der Waals surface area contributed by atoms with E-state index in [1.165, 1.54) is 23.5 Å². The second-order valence-electron chi connectivity index (χ2n) is 7.84. The molecule has 0 spiro atoms. The third-order valence-corrected chi connectivity index (χ3v) is 6.38. The summed E-state index contributed by atoms with van der Waals surface area (Å²) < 4.78 is 14.1. The third-order valence-electron chi connectivity index (χ3n) is 5.47. The molecule has 31 heavy (non-hydrogen) atoms. The Morgan fingerprint density at radius 1 is 1.06 bits per heavy atom. The zero-order chi connectivity index (χ0) is 22.0. The van der Waals surface area contributed by atoms with Gasteiger partial charge < -0.3 is 15.1 Å². The van der Waals surface area contributed by atoms with Crippen molar-refractivity contribution in [2.24, 2.45) is 0 Å². The normalized spacial score (nSPS) is 14.2. The van der Waals surface area contributed by atoms with Gasteiger partial charge in [-0.15, -0.1) is 0 Å². The van der Waals surface area contributed by atoms with Crippen LogP contribution in [0.15, 0.2) is 36.4 Å². The predicted molar refractivity (Wildman–Crippen MR) is 122 cm³/mol. The maximum atomic E-state index is 13.1. The van der Waals surface area contributed by atoms with Crippen LogP contribution < -0.4 is 10.2 Å². The Hall–Kier alpha value is -3.00. The van der Waals surface area contributed by atoms with E-state index in [2.05, 4.69) is 27.3 Å². The van der Waals surface area contributed by atoms with Crippen molar-refractivity contribution < 1.29 is 14.0 Å². The Balaban J connectivity index is 1.26. The number of fused-ring (bicyclic) bond motifs is 1. The van der Waals surface area contributed by atoms with E-state index in [0.717, 1.165) is 27.0 Å². The number of aromatic nitrogens is 1. The van der Waals surface area contributed by atoms with Gasteiger partial charge in [0, 0.05) is 44.7 Å². The lowest BCUT2D eigenvalue weighted by Crippen LogP contribution is -2.48. The number of hydrogen-bond donors (Lipinski definition) is 1. The topological polar surface area (TPSA) is 65.5 Å². The minimum atomic E-state index is -0.257. The average Bonchev–Trinajstić information content (AvgIpc) is 3.15. The van der Waals surface area contributed by atoms with E-state index in [0.29, 0.717) is 31.3 Å². The third kappa shape index (κ3) is 5.02. The first-order chi connectivity index (χ1) is 14.9. The average molecular weight is 441 g/mol. The number of rotatable bonds is 5. The van der Waals surface area contributed by atoms with E-state index in [1.54, 1.807) is 17.0 Å². The summed E-state index contributed by atoms with van der Waals surface area (Å²) in [6.07, 6.45) is 0.302. The van der Waals surface area contributed by atoms with Crippen molar-refractivity contribution in [1.82, 2.24) is 9.88 Å². The molecule has 1 aromatic heterocycles. The fraction of sp³-hybridized carbons (Fsp3) is 0.348. The van der Waals surface area contributed by atoms with Crippen molar-refractivity contribution in [2.75, 3.05) is 36.4 Å². The largest absolute Gasteiger partial charge is 0.368 e. The SMILES string of the molecule is Cc1cc(C)c2nc(NC(=O)CCC(=O)N3CCN(c4ccc(F)cc4)CC3)sc2c1. The van der Waals surface area contributed by atoms with E-state index < -0.39 is 0 Å². The zero-order valence-electron chi connectivity index (χ0n) is 17.7. The molecule has 8 heteroatoms. The first kappa shape index (κ1) is 21.2. The standard InChI is InChI=1S/C23H25FN4O2S/c1-15-13-16(2)22-19(14-15)31-23(26-22)25-20(29)7-8-21(30)28-11-9-27(10-12-28)18-5-3-17(24)4-6-18/h3-6,13-14H,7-12H2,1-2H3,(H,25,26,29). The molecule has 1 N–H and O–H groups in total. The maximum absolute atomic E-state index is 13.1. The van der Waals surface area contributed by atoms with Crippen LogP contribution in [0.3, 0.4) is 0 Å². The lowest BCUT2D eigenvalue weighted by atomic mass is 10.1. The number of halogens is 1. The number of thiazole rings is 1. The second kappa shape index (κ2) is 9.01. The fourth-order valence-corrected chi connectivity index (χ4v) is 4.91. The van der Waals surface area contributed by atoms with E-state index in [4.69, 9.17) is 0 Å². The summed E-state index contributed by atoms with van der Waals surface area (Å²) in [4.78, 5) is 33.3. The molecule has 1 saturated heterocycles. The van der Waals surface area contributed by atoms with Gasteiger partial charge in [0.2, 0.25) is 11.8 Å². The first-order valence-corrected chi connectivity index (χ1v) is 11.2. The first-order valence-electron chi connectivity index (χ1n) is 10.3. The van der Waals surface area contributed by atoms with E-state index >= 15 is 0 Å². The molecule has 1 aliphatic heterocycles. The Kier molecular flexibility index (Phi) is 6.18. The summed E-state index contributed by atoms with van der Waals surface area (Å²) in [5.41, 5.74) is 4.11. The van der Waals surface area contributed by atoms with Crippen LogP contribution in [-0.2, 0) is 9.59 Å². The van der Waals surface area contributed by atoms with Gasteiger partial charge in [0.15, 0.2) is 5.13 Å². The Morgan fingerprint density at radius 3 is 2.48 bits per heavy atom. The van der Waals surface area contributed by atoms with Gasteiger partial charge in [-0.2, -0.15) is 0 Å². The van der Waals surface area contributed by atoms with Gasteiger partial charge in [-0.1, -0.05) is 17.4 Å². The molecule has 0 saturated carbocycles. The number of carbonyl (C=O) groups excluding carboxylic acids is 2. The van der Waals surface area contributed by atoms with Gasteiger partial charge >= 0.3 is 0 Å². The molecule has 2 aromatic carbocycles. The molecule has 0 bridgehead atoms. The molecule has 0 unspecified atom stereocenters. The van der Waals surface area contributed by atoms with Crippen LogP contribution in [0.1, 0.15) is 24.0 Å². The Labute approximate surface area is 184 Å². The molecule has 0 radical (unpaired) electrons.